The molecule has 0 radical (unpaired) electrons. The van der Waals surface area contributed by atoms with Crippen LogP contribution in [0, 0.1) is 11.8 Å². The van der Waals surface area contributed by atoms with Crippen LogP contribution in [0.5, 0.6) is 0 Å². The second kappa shape index (κ2) is 6.17. The van der Waals surface area contributed by atoms with E-state index in [0.29, 0.717) is 5.92 Å². The summed E-state index contributed by atoms with van der Waals surface area (Å²) in [5.41, 5.74) is 9.05. The molecule has 1 fully saturated rings. The minimum atomic E-state index is 0.125. The topological polar surface area (TPSA) is 29.3 Å². The fourth-order valence-corrected chi connectivity index (χ4v) is 3.83. The Balaban J connectivity index is 2.25. The molecule has 0 bridgehead atoms. The maximum atomic E-state index is 6.23. The van der Waals surface area contributed by atoms with E-state index in [1.54, 1.807) is 0 Å². The van der Waals surface area contributed by atoms with Crippen LogP contribution in [0.3, 0.4) is 0 Å². The Bertz CT molecular complexity index is 426. The molecule has 112 valence electrons. The van der Waals surface area contributed by atoms with Gasteiger partial charge in [-0.15, -0.1) is 0 Å². The van der Waals surface area contributed by atoms with Gasteiger partial charge in [-0.2, -0.15) is 0 Å². The molecule has 1 aromatic carbocycles. The molecule has 1 aromatic rings. The summed E-state index contributed by atoms with van der Waals surface area (Å²) >= 11 is 0. The molecule has 2 rings (SSSR count). The van der Waals surface area contributed by atoms with Gasteiger partial charge in [-0.05, 0) is 55.2 Å². The molecule has 0 aliphatic heterocycles. The zero-order chi connectivity index (χ0) is 14.8. The van der Waals surface area contributed by atoms with E-state index in [9.17, 15) is 0 Å². The van der Waals surface area contributed by atoms with E-state index in [2.05, 4.69) is 57.0 Å². The molecule has 1 saturated carbocycles. The molecule has 2 N–H and O–H groups in total. The van der Waals surface area contributed by atoms with E-state index in [-0.39, 0.29) is 5.54 Å². The van der Waals surface area contributed by atoms with Gasteiger partial charge in [-0.1, -0.05) is 32.9 Å². The van der Waals surface area contributed by atoms with Crippen LogP contribution < -0.4 is 10.6 Å². The van der Waals surface area contributed by atoms with Crippen molar-refractivity contribution < 1.29 is 0 Å². The van der Waals surface area contributed by atoms with E-state index in [0.717, 1.165) is 18.9 Å². The first-order valence-electron chi connectivity index (χ1n) is 8.06. The highest BCUT2D eigenvalue weighted by molar-refractivity contribution is 5.50. The summed E-state index contributed by atoms with van der Waals surface area (Å²) in [6.45, 7) is 7.68. The normalized spacial score (nSPS) is 30.2. The quantitative estimate of drug-likeness (QED) is 0.904. The second-order valence-corrected chi connectivity index (χ2v) is 6.67. The Morgan fingerprint density at radius 1 is 1.25 bits per heavy atom. The first kappa shape index (κ1) is 15.4. The third kappa shape index (κ3) is 2.71. The Kier molecular flexibility index (Phi) is 4.74. The third-order valence-corrected chi connectivity index (χ3v) is 5.50. The number of benzene rings is 1. The van der Waals surface area contributed by atoms with Crippen molar-refractivity contribution in [3.8, 4) is 0 Å². The number of nitrogens with two attached hydrogens (primary N) is 1. The van der Waals surface area contributed by atoms with Gasteiger partial charge in [0.25, 0.3) is 0 Å². The maximum Gasteiger partial charge on any atom is 0.0546 e. The van der Waals surface area contributed by atoms with Gasteiger partial charge < -0.3 is 10.6 Å². The number of nitrogens with zero attached hydrogens (tertiary/aromatic N) is 1. The van der Waals surface area contributed by atoms with E-state index in [1.165, 1.54) is 30.5 Å². The van der Waals surface area contributed by atoms with Gasteiger partial charge in [0.15, 0.2) is 0 Å². The van der Waals surface area contributed by atoms with Crippen molar-refractivity contribution in [3.63, 3.8) is 0 Å². The van der Waals surface area contributed by atoms with Crippen molar-refractivity contribution in [2.24, 2.45) is 17.6 Å². The summed E-state index contributed by atoms with van der Waals surface area (Å²) in [5.74, 6) is 1.48. The van der Waals surface area contributed by atoms with Crippen molar-refractivity contribution in [1.29, 1.82) is 0 Å². The highest BCUT2D eigenvalue weighted by Gasteiger charge is 2.42. The van der Waals surface area contributed by atoms with Gasteiger partial charge in [0.1, 0.15) is 0 Å². The largest absolute Gasteiger partial charge is 0.367 e. The van der Waals surface area contributed by atoms with E-state index >= 15 is 0 Å². The molecular formula is C18H30N2. The minimum Gasteiger partial charge on any atom is -0.367 e. The van der Waals surface area contributed by atoms with Gasteiger partial charge in [0.2, 0.25) is 0 Å². The average Bonchev–Trinajstić information content (AvgIpc) is 2.47. The number of hydrogen-bond acceptors (Lipinski definition) is 2. The van der Waals surface area contributed by atoms with Crippen LogP contribution in [0.4, 0.5) is 5.69 Å². The average molecular weight is 274 g/mol. The molecule has 20 heavy (non-hydrogen) atoms. The molecule has 1 aliphatic rings. The standard InChI is InChI=1S/C18H30N2/c1-5-16-6-8-17(9-7-16)20(4)18(13-19)11-10-14(2)12-15(18)3/h6-9,14-15H,5,10-13,19H2,1-4H3. The number of rotatable bonds is 4. The first-order valence-corrected chi connectivity index (χ1v) is 8.06. The molecule has 3 atom stereocenters. The Hall–Kier alpha value is -1.02. The zero-order valence-electron chi connectivity index (χ0n) is 13.5. The molecule has 1 aliphatic carbocycles. The highest BCUT2D eigenvalue weighted by Crippen LogP contribution is 2.41. The lowest BCUT2D eigenvalue weighted by atomic mass is 9.69. The molecule has 2 nitrogen and oxygen atoms in total. The molecule has 0 saturated heterocycles. The fourth-order valence-electron chi connectivity index (χ4n) is 3.83. The van der Waals surface area contributed by atoms with Crippen molar-refractivity contribution in [2.75, 3.05) is 18.5 Å². The second-order valence-electron chi connectivity index (χ2n) is 6.67. The lowest BCUT2D eigenvalue weighted by molar-refractivity contribution is 0.164. The van der Waals surface area contributed by atoms with Crippen molar-refractivity contribution >= 4 is 5.69 Å². The van der Waals surface area contributed by atoms with Crippen LogP contribution in [0.2, 0.25) is 0 Å². The molecular weight excluding hydrogens is 244 g/mol. The molecule has 2 heteroatoms. The van der Waals surface area contributed by atoms with Gasteiger partial charge >= 0.3 is 0 Å². The molecule has 0 heterocycles. The minimum absolute atomic E-state index is 0.125. The summed E-state index contributed by atoms with van der Waals surface area (Å²) in [7, 11) is 2.22. The van der Waals surface area contributed by atoms with E-state index in [4.69, 9.17) is 5.73 Å². The van der Waals surface area contributed by atoms with Crippen molar-refractivity contribution in [2.45, 2.75) is 52.0 Å². The third-order valence-electron chi connectivity index (χ3n) is 5.50. The molecule has 0 aromatic heterocycles. The predicted octanol–water partition coefficient (Wildman–Crippen LogP) is 3.84. The monoisotopic (exact) mass is 274 g/mol. The number of likely N-dealkylation sites (N-methyl/N-ethyl adjacent to an activating group) is 1. The molecule has 0 amide bonds. The van der Waals surface area contributed by atoms with Crippen molar-refractivity contribution in [1.82, 2.24) is 0 Å². The highest BCUT2D eigenvalue weighted by atomic mass is 15.2. The zero-order valence-corrected chi connectivity index (χ0v) is 13.5. The summed E-state index contributed by atoms with van der Waals surface area (Å²) in [6.07, 6.45) is 4.88. The fraction of sp³-hybridized carbons (Fsp3) is 0.667. The van der Waals surface area contributed by atoms with Gasteiger partial charge in [-0.25, -0.2) is 0 Å². The smallest absolute Gasteiger partial charge is 0.0546 e. The summed E-state index contributed by atoms with van der Waals surface area (Å²) in [4.78, 5) is 2.45. The van der Waals surface area contributed by atoms with Crippen molar-refractivity contribution in [3.05, 3.63) is 29.8 Å². The number of hydrogen-bond donors (Lipinski definition) is 1. The van der Waals surface area contributed by atoms with Crippen LogP contribution in [0.15, 0.2) is 24.3 Å². The summed E-state index contributed by atoms with van der Waals surface area (Å²) < 4.78 is 0. The Morgan fingerprint density at radius 2 is 1.90 bits per heavy atom. The summed E-state index contributed by atoms with van der Waals surface area (Å²) in [5, 5.41) is 0. The summed E-state index contributed by atoms with van der Waals surface area (Å²) in [6, 6.07) is 8.99. The number of aryl methyl sites for hydroxylation is 1. The van der Waals surface area contributed by atoms with Crippen LogP contribution in [0.1, 0.15) is 45.6 Å². The van der Waals surface area contributed by atoms with Crippen LogP contribution in [0.25, 0.3) is 0 Å². The lowest BCUT2D eigenvalue weighted by Crippen LogP contribution is -2.59. The van der Waals surface area contributed by atoms with Crippen LogP contribution in [-0.2, 0) is 6.42 Å². The Morgan fingerprint density at radius 3 is 2.40 bits per heavy atom. The SMILES string of the molecule is CCc1ccc(N(C)C2(CN)CCC(C)CC2C)cc1. The lowest BCUT2D eigenvalue weighted by Gasteiger charge is -2.51. The molecule has 0 spiro atoms. The van der Waals surface area contributed by atoms with Gasteiger partial charge in [-0.3, -0.25) is 0 Å². The van der Waals surface area contributed by atoms with Gasteiger partial charge in [0, 0.05) is 19.3 Å². The predicted molar refractivity (Wildman–Crippen MR) is 88.2 cm³/mol. The first-order chi connectivity index (χ1) is 9.53. The molecule has 3 unspecified atom stereocenters. The van der Waals surface area contributed by atoms with Crippen LogP contribution >= 0.6 is 0 Å². The van der Waals surface area contributed by atoms with E-state index in [1.807, 2.05) is 0 Å². The maximum absolute atomic E-state index is 6.23. The van der Waals surface area contributed by atoms with Crippen LogP contribution in [-0.4, -0.2) is 19.1 Å². The Labute approximate surface area is 124 Å². The van der Waals surface area contributed by atoms with E-state index < -0.39 is 0 Å². The van der Waals surface area contributed by atoms with Gasteiger partial charge in [0.05, 0.1) is 5.54 Å². The number of anilines is 1.